The Morgan fingerprint density at radius 2 is 1.96 bits per heavy atom. The molecule has 6 rings (SSSR count). The van der Waals surface area contributed by atoms with Crippen molar-refractivity contribution in [1.29, 1.82) is 0 Å². The number of aryl methyl sites for hydroxylation is 1. The molecule has 3 fully saturated rings. The largest absolute Gasteiger partial charge is 0.348 e. The van der Waals surface area contributed by atoms with Gasteiger partial charge in [-0.1, -0.05) is 30.3 Å². The Labute approximate surface area is 166 Å². The zero-order valence-electron chi connectivity index (χ0n) is 16.4. The van der Waals surface area contributed by atoms with Gasteiger partial charge in [-0.3, -0.25) is 14.9 Å². The summed E-state index contributed by atoms with van der Waals surface area (Å²) in [5, 5.41) is 7.57. The second kappa shape index (κ2) is 7.53. The van der Waals surface area contributed by atoms with Crippen LogP contribution in [0.5, 0.6) is 0 Å². The first-order valence-electron chi connectivity index (χ1n) is 10.3. The van der Waals surface area contributed by atoms with Gasteiger partial charge in [0, 0.05) is 50.0 Å². The number of aromatic amines is 2. The topological polar surface area (TPSA) is 63.8 Å². The van der Waals surface area contributed by atoms with Crippen LogP contribution in [0.1, 0.15) is 29.8 Å². The first-order chi connectivity index (χ1) is 13.8. The monoisotopic (exact) mass is 376 g/mol. The predicted molar refractivity (Wildman–Crippen MR) is 110 cm³/mol. The second-order valence-electron chi connectivity index (χ2n) is 8.33. The molecular formula is C22H28N6. The van der Waals surface area contributed by atoms with Crippen LogP contribution in [0, 0.1) is 12.8 Å². The summed E-state index contributed by atoms with van der Waals surface area (Å²) in [5.74, 6) is 0.741. The van der Waals surface area contributed by atoms with Gasteiger partial charge >= 0.3 is 0 Å². The Bertz CT molecular complexity index is 914. The molecule has 0 unspecified atom stereocenters. The number of nitrogens with one attached hydrogen (secondary N) is 2. The Morgan fingerprint density at radius 3 is 2.79 bits per heavy atom. The molecule has 0 aliphatic carbocycles. The van der Waals surface area contributed by atoms with E-state index in [0.29, 0.717) is 6.04 Å². The molecule has 3 saturated heterocycles. The number of fused-ring (bicyclic) bond motifs is 4. The first-order valence-corrected chi connectivity index (χ1v) is 10.3. The predicted octanol–water partition coefficient (Wildman–Crippen LogP) is 3.20. The Balaban J connectivity index is 1.32. The third kappa shape index (κ3) is 3.50. The van der Waals surface area contributed by atoms with Gasteiger partial charge in [0.1, 0.15) is 0 Å². The van der Waals surface area contributed by atoms with E-state index < -0.39 is 0 Å². The van der Waals surface area contributed by atoms with Crippen molar-refractivity contribution in [2.24, 2.45) is 5.92 Å². The normalized spacial score (nSPS) is 23.2. The van der Waals surface area contributed by atoms with Crippen LogP contribution in [0.15, 0.2) is 42.9 Å². The molecule has 2 atom stereocenters. The quantitative estimate of drug-likeness (QED) is 0.718. The number of rotatable bonds is 5. The highest BCUT2D eigenvalue weighted by Crippen LogP contribution is 2.31. The highest BCUT2D eigenvalue weighted by atomic mass is 15.3. The molecule has 0 radical (unpaired) electrons. The maximum Gasteiger partial charge on any atom is 0.0925 e. The van der Waals surface area contributed by atoms with Gasteiger partial charge in [-0.05, 0) is 31.2 Å². The molecule has 6 nitrogen and oxygen atoms in total. The van der Waals surface area contributed by atoms with E-state index in [-0.39, 0.29) is 0 Å². The molecule has 6 heteroatoms. The van der Waals surface area contributed by atoms with E-state index in [4.69, 9.17) is 0 Å². The summed E-state index contributed by atoms with van der Waals surface area (Å²) in [5.41, 5.74) is 6.05. The fraction of sp³-hybridized carbons (Fsp3) is 0.455. The standard InChI is InChI=1S/C22H28N6/c1-16-21(24-15-23-16)14-27-10-17-7-8-20(13-27)28(11-17)12-19-9-25-26-22(19)18-5-3-2-4-6-18/h2-6,9,15,17,20H,7-8,10-14H2,1H3,(H,23,24)(H,25,26)/t17-,20+/m0/s1. The van der Waals surface area contributed by atoms with Crippen LogP contribution >= 0.6 is 0 Å². The minimum absolute atomic E-state index is 0.608. The summed E-state index contributed by atoms with van der Waals surface area (Å²) in [6, 6.07) is 11.1. The number of piperidine rings is 1. The minimum Gasteiger partial charge on any atom is -0.348 e. The molecule has 3 aliphatic heterocycles. The molecule has 0 amide bonds. The van der Waals surface area contributed by atoms with Gasteiger partial charge in [-0.25, -0.2) is 4.98 Å². The summed E-state index contributed by atoms with van der Waals surface area (Å²) < 4.78 is 0. The van der Waals surface area contributed by atoms with E-state index in [1.165, 1.54) is 48.4 Å². The lowest BCUT2D eigenvalue weighted by atomic mass is 9.94. The van der Waals surface area contributed by atoms with Crippen molar-refractivity contribution < 1.29 is 0 Å². The maximum atomic E-state index is 4.51. The Hall–Kier alpha value is -2.44. The third-order valence-corrected chi connectivity index (χ3v) is 6.36. The Kier molecular flexibility index (Phi) is 4.74. The fourth-order valence-electron chi connectivity index (χ4n) is 4.86. The third-order valence-electron chi connectivity index (χ3n) is 6.36. The van der Waals surface area contributed by atoms with E-state index in [0.717, 1.165) is 31.2 Å². The number of H-pyrrole nitrogens is 2. The van der Waals surface area contributed by atoms with Crippen LogP contribution in [-0.2, 0) is 13.1 Å². The number of aromatic nitrogens is 4. The van der Waals surface area contributed by atoms with Crippen molar-refractivity contribution in [2.75, 3.05) is 19.6 Å². The summed E-state index contributed by atoms with van der Waals surface area (Å²) in [7, 11) is 0. The molecule has 1 aromatic carbocycles. The summed E-state index contributed by atoms with van der Waals surface area (Å²) in [4.78, 5) is 13.0. The molecule has 0 saturated carbocycles. The molecule has 146 valence electrons. The van der Waals surface area contributed by atoms with Gasteiger partial charge in [0.15, 0.2) is 0 Å². The van der Waals surface area contributed by atoms with Crippen LogP contribution in [-0.4, -0.2) is 55.6 Å². The molecule has 3 aromatic rings. The average molecular weight is 377 g/mol. The van der Waals surface area contributed by atoms with Gasteiger partial charge < -0.3 is 4.98 Å². The van der Waals surface area contributed by atoms with Gasteiger partial charge in [-0.2, -0.15) is 5.10 Å². The number of hydrogen-bond acceptors (Lipinski definition) is 4. The molecule has 3 aliphatic rings. The van der Waals surface area contributed by atoms with Crippen LogP contribution < -0.4 is 0 Å². The van der Waals surface area contributed by atoms with E-state index in [1.807, 2.05) is 12.5 Å². The van der Waals surface area contributed by atoms with Crippen molar-refractivity contribution >= 4 is 0 Å². The van der Waals surface area contributed by atoms with Crippen molar-refractivity contribution in [2.45, 2.75) is 38.9 Å². The van der Waals surface area contributed by atoms with Gasteiger partial charge in [0.05, 0.1) is 23.9 Å². The van der Waals surface area contributed by atoms with Crippen LogP contribution in [0.25, 0.3) is 11.3 Å². The lowest BCUT2D eigenvalue weighted by Gasteiger charge is -2.36. The lowest BCUT2D eigenvalue weighted by molar-refractivity contribution is 0.123. The van der Waals surface area contributed by atoms with E-state index >= 15 is 0 Å². The molecule has 2 N–H and O–H groups in total. The number of hydrogen-bond donors (Lipinski definition) is 2. The molecule has 0 spiro atoms. The van der Waals surface area contributed by atoms with E-state index in [1.54, 1.807) is 0 Å². The molecule has 2 bridgehead atoms. The highest BCUT2D eigenvalue weighted by Gasteiger charge is 2.35. The summed E-state index contributed by atoms with van der Waals surface area (Å²) in [6.07, 6.45) is 6.45. The summed E-state index contributed by atoms with van der Waals surface area (Å²) in [6.45, 7) is 7.52. The highest BCUT2D eigenvalue weighted by molar-refractivity contribution is 5.62. The number of benzene rings is 1. The Morgan fingerprint density at radius 1 is 1.07 bits per heavy atom. The van der Waals surface area contributed by atoms with Crippen LogP contribution in [0.3, 0.4) is 0 Å². The molecule has 28 heavy (non-hydrogen) atoms. The minimum atomic E-state index is 0.608. The second-order valence-corrected chi connectivity index (χ2v) is 8.33. The van der Waals surface area contributed by atoms with Crippen molar-refractivity contribution in [3.8, 4) is 11.3 Å². The number of nitrogens with zero attached hydrogens (tertiary/aromatic N) is 4. The van der Waals surface area contributed by atoms with E-state index in [2.05, 4.69) is 67.2 Å². The van der Waals surface area contributed by atoms with E-state index in [9.17, 15) is 0 Å². The average Bonchev–Trinajstić information content (AvgIpc) is 3.23. The first kappa shape index (κ1) is 17.6. The van der Waals surface area contributed by atoms with Crippen LogP contribution in [0.2, 0.25) is 0 Å². The van der Waals surface area contributed by atoms with Gasteiger partial charge in [-0.15, -0.1) is 0 Å². The zero-order valence-corrected chi connectivity index (χ0v) is 16.4. The van der Waals surface area contributed by atoms with Gasteiger partial charge in [0.2, 0.25) is 0 Å². The van der Waals surface area contributed by atoms with Gasteiger partial charge in [0.25, 0.3) is 0 Å². The van der Waals surface area contributed by atoms with Crippen molar-refractivity contribution in [3.05, 3.63) is 59.8 Å². The smallest absolute Gasteiger partial charge is 0.0925 e. The summed E-state index contributed by atoms with van der Waals surface area (Å²) >= 11 is 0. The van der Waals surface area contributed by atoms with Crippen molar-refractivity contribution in [1.82, 2.24) is 30.0 Å². The fourth-order valence-corrected chi connectivity index (χ4v) is 4.86. The molecule has 2 aromatic heterocycles. The lowest BCUT2D eigenvalue weighted by Crippen LogP contribution is -2.43. The van der Waals surface area contributed by atoms with Crippen LogP contribution in [0.4, 0.5) is 0 Å². The maximum absolute atomic E-state index is 4.51. The zero-order chi connectivity index (χ0) is 18.9. The molecular weight excluding hydrogens is 348 g/mol. The SMILES string of the molecule is Cc1[nH]cnc1CN1C[C@@H]2CC[C@H](C1)N(Cc1cn[nH]c1-c1ccccc1)C2. The van der Waals surface area contributed by atoms with Crippen molar-refractivity contribution in [3.63, 3.8) is 0 Å². The molecule has 5 heterocycles. The number of imidazole rings is 1.